The highest BCUT2D eigenvalue weighted by molar-refractivity contribution is 5.93. The van der Waals surface area contributed by atoms with Crippen molar-refractivity contribution in [1.29, 1.82) is 0 Å². The molecule has 3 fully saturated rings. The highest BCUT2D eigenvalue weighted by Gasteiger charge is 2.43. The Hall–Kier alpha value is -2.43. The molecule has 3 aliphatic rings. The Bertz CT molecular complexity index is 775. The van der Waals surface area contributed by atoms with Crippen molar-refractivity contribution in [3.63, 3.8) is 0 Å². The topological polar surface area (TPSA) is 55.3 Å². The van der Waals surface area contributed by atoms with E-state index in [2.05, 4.69) is 9.97 Å². The Morgan fingerprint density at radius 2 is 1.65 bits per heavy atom. The molecule has 1 aromatic carbocycles. The van der Waals surface area contributed by atoms with E-state index in [1.165, 1.54) is 12.8 Å². The zero-order valence-corrected chi connectivity index (χ0v) is 14.8. The lowest BCUT2D eigenvalue weighted by atomic mass is 10.0. The molecule has 1 saturated heterocycles. The summed E-state index contributed by atoms with van der Waals surface area (Å²) in [6, 6.07) is 10.0. The number of benzene rings is 1. The lowest BCUT2D eigenvalue weighted by Crippen LogP contribution is -2.31. The summed E-state index contributed by atoms with van der Waals surface area (Å²) in [7, 11) is 0. The van der Waals surface area contributed by atoms with Crippen LogP contribution in [-0.4, -0.2) is 40.0 Å². The Morgan fingerprint density at radius 3 is 2.27 bits per heavy atom. The van der Waals surface area contributed by atoms with Gasteiger partial charge in [-0.25, -0.2) is 9.97 Å². The van der Waals surface area contributed by atoms with Crippen molar-refractivity contribution >= 4 is 5.91 Å². The van der Waals surface area contributed by atoms with E-state index in [9.17, 15) is 4.79 Å². The molecule has 5 heteroatoms. The van der Waals surface area contributed by atoms with E-state index in [0.29, 0.717) is 23.3 Å². The van der Waals surface area contributed by atoms with Crippen LogP contribution in [0.1, 0.15) is 47.8 Å². The van der Waals surface area contributed by atoms with Gasteiger partial charge >= 0.3 is 0 Å². The van der Waals surface area contributed by atoms with Gasteiger partial charge in [-0.2, -0.15) is 0 Å². The first-order chi connectivity index (χ1) is 12.8. The number of carbonyl (C=O) groups is 1. The Morgan fingerprint density at radius 1 is 1.00 bits per heavy atom. The van der Waals surface area contributed by atoms with E-state index < -0.39 is 0 Å². The quantitative estimate of drug-likeness (QED) is 0.850. The molecule has 0 bridgehead atoms. The van der Waals surface area contributed by atoms with Crippen molar-refractivity contribution in [2.24, 2.45) is 11.8 Å². The maximum atomic E-state index is 12.8. The maximum absolute atomic E-state index is 12.8. The maximum Gasteiger partial charge on any atom is 0.257 e. The minimum atomic E-state index is 0.0716. The summed E-state index contributed by atoms with van der Waals surface area (Å²) in [6.45, 7) is 1.64. The van der Waals surface area contributed by atoms with Gasteiger partial charge in [0.25, 0.3) is 5.91 Å². The van der Waals surface area contributed by atoms with E-state index in [-0.39, 0.29) is 12.0 Å². The summed E-state index contributed by atoms with van der Waals surface area (Å²) < 4.78 is 6.11. The standard InChI is InChI=1S/C21H23N3O2/c25-21(17-10-22-20(23-11-17)14-6-7-14)24-12-15-8-19(9-16(15)13-24)26-18-4-2-1-3-5-18/h1-5,10-11,14-16,19H,6-9,12-13H2/t15-,16+,19?. The number of rotatable bonds is 4. The monoisotopic (exact) mass is 349 g/mol. The van der Waals surface area contributed by atoms with Crippen LogP contribution < -0.4 is 4.74 Å². The SMILES string of the molecule is O=C(c1cnc(C2CC2)nc1)N1C[C@H]2CC(Oc3ccccc3)C[C@H]2C1. The Labute approximate surface area is 153 Å². The van der Waals surface area contributed by atoms with Crippen LogP contribution in [-0.2, 0) is 0 Å². The second-order valence-corrected chi connectivity index (χ2v) is 7.86. The van der Waals surface area contributed by atoms with E-state index in [1.807, 2.05) is 35.2 Å². The fourth-order valence-electron chi connectivity index (χ4n) is 4.38. The van der Waals surface area contributed by atoms with Crippen molar-refractivity contribution in [3.05, 3.63) is 54.1 Å². The molecule has 1 aliphatic heterocycles. The highest BCUT2D eigenvalue weighted by atomic mass is 16.5. The zero-order chi connectivity index (χ0) is 17.5. The molecular formula is C21H23N3O2. The summed E-state index contributed by atoms with van der Waals surface area (Å²) in [4.78, 5) is 23.5. The lowest BCUT2D eigenvalue weighted by Gasteiger charge is -2.20. The molecule has 2 aliphatic carbocycles. The number of carbonyl (C=O) groups excluding carboxylic acids is 1. The summed E-state index contributed by atoms with van der Waals surface area (Å²) in [5, 5.41) is 0. The van der Waals surface area contributed by atoms with Crippen LogP contribution in [0.2, 0.25) is 0 Å². The molecule has 1 aromatic heterocycles. The van der Waals surface area contributed by atoms with Gasteiger partial charge in [-0.15, -0.1) is 0 Å². The van der Waals surface area contributed by atoms with E-state index in [4.69, 9.17) is 4.74 Å². The molecule has 5 nitrogen and oxygen atoms in total. The number of aromatic nitrogens is 2. The number of nitrogens with zero attached hydrogens (tertiary/aromatic N) is 3. The number of hydrogen-bond donors (Lipinski definition) is 0. The fraction of sp³-hybridized carbons (Fsp3) is 0.476. The average molecular weight is 349 g/mol. The van der Waals surface area contributed by atoms with Gasteiger partial charge in [0.15, 0.2) is 0 Å². The summed E-state index contributed by atoms with van der Waals surface area (Å²) in [5.74, 6) is 3.51. The van der Waals surface area contributed by atoms with Crippen LogP contribution in [0.4, 0.5) is 0 Å². The average Bonchev–Trinajstić information content (AvgIpc) is 3.35. The third-order valence-corrected chi connectivity index (χ3v) is 5.90. The van der Waals surface area contributed by atoms with Gasteiger partial charge in [0.1, 0.15) is 11.6 Å². The van der Waals surface area contributed by atoms with Crippen LogP contribution in [0.25, 0.3) is 0 Å². The van der Waals surface area contributed by atoms with Crippen LogP contribution in [0, 0.1) is 11.8 Å². The van der Waals surface area contributed by atoms with Gasteiger partial charge in [0.05, 0.1) is 11.7 Å². The normalized spacial score (nSPS) is 27.4. The van der Waals surface area contributed by atoms with Crippen molar-refractivity contribution in [3.8, 4) is 5.75 Å². The third kappa shape index (κ3) is 3.06. The first-order valence-electron chi connectivity index (χ1n) is 9.59. The van der Waals surface area contributed by atoms with Crippen molar-refractivity contribution < 1.29 is 9.53 Å². The second kappa shape index (κ2) is 6.38. The number of amides is 1. The minimum Gasteiger partial charge on any atom is -0.490 e. The first kappa shape index (κ1) is 15.8. The Balaban J connectivity index is 1.19. The van der Waals surface area contributed by atoms with Crippen LogP contribution >= 0.6 is 0 Å². The van der Waals surface area contributed by atoms with E-state index >= 15 is 0 Å². The molecule has 2 aromatic rings. The van der Waals surface area contributed by atoms with Crippen molar-refractivity contribution in [1.82, 2.24) is 14.9 Å². The fourth-order valence-corrected chi connectivity index (χ4v) is 4.38. The van der Waals surface area contributed by atoms with Gasteiger partial charge in [0, 0.05) is 31.4 Å². The van der Waals surface area contributed by atoms with Gasteiger partial charge in [-0.1, -0.05) is 18.2 Å². The summed E-state index contributed by atoms with van der Waals surface area (Å²) in [5.41, 5.74) is 0.617. The molecule has 0 spiro atoms. The number of fused-ring (bicyclic) bond motifs is 1. The van der Waals surface area contributed by atoms with E-state index in [0.717, 1.165) is 37.5 Å². The molecule has 0 N–H and O–H groups in total. The highest BCUT2D eigenvalue weighted by Crippen LogP contribution is 2.40. The zero-order valence-electron chi connectivity index (χ0n) is 14.8. The number of ether oxygens (including phenoxy) is 1. The molecular weight excluding hydrogens is 326 g/mol. The lowest BCUT2D eigenvalue weighted by molar-refractivity contribution is 0.0769. The molecule has 1 unspecified atom stereocenters. The van der Waals surface area contributed by atoms with Crippen LogP contribution in [0.15, 0.2) is 42.7 Å². The van der Waals surface area contributed by atoms with Crippen LogP contribution in [0.3, 0.4) is 0 Å². The van der Waals surface area contributed by atoms with E-state index in [1.54, 1.807) is 12.4 Å². The number of likely N-dealkylation sites (tertiary alicyclic amines) is 1. The molecule has 3 atom stereocenters. The van der Waals surface area contributed by atoms with Gasteiger partial charge in [-0.3, -0.25) is 4.79 Å². The van der Waals surface area contributed by atoms with Gasteiger partial charge < -0.3 is 9.64 Å². The smallest absolute Gasteiger partial charge is 0.257 e. The molecule has 26 heavy (non-hydrogen) atoms. The summed E-state index contributed by atoms with van der Waals surface area (Å²) >= 11 is 0. The second-order valence-electron chi connectivity index (χ2n) is 7.86. The van der Waals surface area contributed by atoms with Crippen molar-refractivity contribution in [2.45, 2.75) is 37.7 Å². The molecule has 134 valence electrons. The number of para-hydroxylation sites is 1. The summed E-state index contributed by atoms with van der Waals surface area (Å²) in [6.07, 6.45) is 8.09. The minimum absolute atomic E-state index is 0.0716. The molecule has 2 saturated carbocycles. The third-order valence-electron chi connectivity index (χ3n) is 5.90. The molecule has 0 radical (unpaired) electrons. The predicted octanol–water partition coefficient (Wildman–Crippen LogP) is 3.28. The first-order valence-corrected chi connectivity index (χ1v) is 9.59. The van der Waals surface area contributed by atoms with Gasteiger partial charge in [-0.05, 0) is 49.7 Å². The largest absolute Gasteiger partial charge is 0.490 e. The van der Waals surface area contributed by atoms with Gasteiger partial charge in [0.2, 0.25) is 0 Å². The molecule has 5 rings (SSSR count). The molecule has 2 heterocycles. The van der Waals surface area contributed by atoms with Crippen LogP contribution in [0.5, 0.6) is 5.75 Å². The number of hydrogen-bond acceptors (Lipinski definition) is 4. The molecule has 1 amide bonds. The predicted molar refractivity (Wildman–Crippen MR) is 97.0 cm³/mol. The van der Waals surface area contributed by atoms with Crippen molar-refractivity contribution in [2.75, 3.05) is 13.1 Å². The Kier molecular flexibility index (Phi) is 3.88.